The summed E-state index contributed by atoms with van der Waals surface area (Å²) in [5.74, 6) is 0.231. The van der Waals surface area contributed by atoms with Crippen LogP contribution in [0.4, 0.5) is 0 Å². The van der Waals surface area contributed by atoms with Crippen LogP contribution in [0.1, 0.15) is 40.0 Å². The van der Waals surface area contributed by atoms with Crippen LogP contribution in [0, 0.1) is 5.41 Å². The lowest BCUT2D eigenvalue weighted by atomic mass is 9.77. The van der Waals surface area contributed by atoms with Crippen molar-refractivity contribution in [2.75, 3.05) is 33.2 Å². The van der Waals surface area contributed by atoms with Gasteiger partial charge in [-0.1, -0.05) is 6.92 Å². The van der Waals surface area contributed by atoms with E-state index in [1.54, 1.807) is 0 Å². The lowest BCUT2D eigenvalue weighted by molar-refractivity contribution is -0.132. The van der Waals surface area contributed by atoms with Crippen LogP contribution >= 0.6 is 0 Å². The zero-order valence-electron chi connectivity index (χ0n) is 12.4. The average molecular weight is 255 g/mol. The summed E-state index contributed by atoms with van der Waals surface area (Å²) in [6, 6.07) is 0.526. The fraction of sp³-hybridized carbons (Fsp3) is 0.929. The van der Waals surface area contributed by atoms with E-state index in [9.17, 15) is 4.79 Å². The summed E-state index contributed by atoms with van der Waals surface area (Å²) in [4.78, 5) is 14.6. The van der Waals surface area contributed by atoms with E-state index in [0.717, 1.165) is 45.4 Å². The lowest BCUT2D eigenvalue weighted by Gasteiger charge is -2.35. The maximum absolute atomic E-state index is 12.3. The molecule has 1 aliphatic heterocycles. The van der Waals surface area contributed by atoms with Crippen molar-refractivity contribution in [1.82, 2.24) is 15.5 Å². The van der Waals surface area contributed by atoms with Gasteiger partial charge in [-0.25, -0.2) is 0 Å². The number of nitrogens with one attached hydrogen (secondary N) is 2. The molecule has 0 saturated carbocycles. The average Bonchev–Trinajstić information content (AvgIpc) is 2.39. The highest BCUT2D eigenvalue weighted by molar-refractivity contribution is 5.83. The molecule has 1 aliphatic rings. The van der Waals surface area contributed by atoms with Gasteiger partial charge in [-0.15, -0.1) is 0 Å². The van der Waals surface area contributed by atoms with Crippen LogP contribution in [-0.4, -0.2) is 50.1 Å². The Morgan fingerprint density at radius 3 is 2.72 bits per heavy atom. The molecular formula is C14H29N3O. The van der Waals surface area contributed by atoms with E-state index in [-0.39, 0.29) is 11.3 Å². The predicted octanol–water partition coefficient (Wildman–Crippen LogP) is 1.22. The number of piperidine rings is 1. The van der Waals surface area contributed by atoms with Gasteiger partial charge in [0.05, 0.1) is 5.41 Å². The number of carbonyl (C=O) groups excluding carboxylic acids is 1. The van der Waals surface area contributed by atoms with Gasteiger partial charge in [0.25, 0.3) is 0 Å². The van der Waals surface area contributed by atoms with Crippen molar-refractivity contribution in [2.45, 2.75) is 46.1 Å². The van der Waals surface area contributed by atoms with Gasteiger partial charge in [-0.05, 0) is 46.7 Å². The van der Waals surface area contributed by atoms with Crippen molar-refractivity contribution >= 4 is 5.91 Å². The maximum atomic E-state index is 12.3. The van der Waals surface area contributed by atoms with Crippen LogP contribution in [0.5, 0.6) is 0 Å². The van der Waals surface area contributed by atoms with E-state index in [1.807, 2.05) is 0 Å². The molecule has 1 amide bonds. The molecular weight excluding hydrogens is 226 g/mol. The molecule has 18 heavy (non-hydrogen) atoms. The van der Waals surface area contributed by atoms with Crippen LogP contribution in [0.25, 0.3) is 0 Å². The van der Waals surface area contributed by atoms with Gasteiger partial charge in [-0.3, -0.25) is 4.79 Å². The molecule has 1 rings (SSSR count). The number of hydrogen-bond acceptors (Lipinski definition) is 3. The second kappa shape index (κ2) is 7.10. The van der Waals surface area contributed by atoms with Crippen LogP contribution in [0.15, 0.2) is 0 Å². The molecule has 1 atom stereocenters. The standard InChI is InChI=1S/C14H29N3O/c1-5-14(7-6-8-15-11-14)13(18)16-9-10-17(4)12(2)3/h12,15H,5-11H2,1-4H3,(H,16,18). The van der Waals surface area contributed by atoms with Gasteiger partial charge in [0.15, 0.2) is 0 Å². The van der Waals surface area contributed by atoms with Crippen LogP contribution in [0.3, 0.4) is 0 Å². The first-order valence-electron chi connectivity index (χ1n) is 7.21. The number of rotatable bonds is 6. The van der Waals surface area contributed by atoms with E-state index >= 15 is 0 Å². The van der Waals surface area contributed by atoms with Crippen molar-refractivity contribution in [3.05, 3.63) is 0 Å². The summed E-state index contributed by atoms with van der Waals surface area (Å²) < 4.78 is 0. The van der Waals surface area contributed by atoms with Gasteiger partial charge >= 0.3 is 0 Å². The Bertz CT molecular complexity index is 260. The third-order valence-electron chi connectivity index (χ3n) is 4.26. The maximum Gasteiger partial charge on any atom is 0.227 e. The molecule has 1 unspecified atom stereocenters. The largest absolute Gasteiger partial charge is 0.354 e. The fourth-order valence-electron chi connectivity index (χ4n) is 2.42. The Labute approximate surface area is 111 Å². The number of amides is 1. The zero-order chi connectivity index (χ0) is 13.6. The number of nitrogens with zero attached hydrogens (tertiary/aromatic N) is 1. The Morgan fingerprint density at radius 1 is 1.50 bits per heavy atom. The molecule has 1 saturated heterocycles. The molecule has 4 nitrogen and oxygen atoms in total. The minimum absolute atomic E-state index is 0.172. The Balaban J connectivity index is 2.38. The normalized spacial score (nSPS) is 24.6. The lowest BCUT2D eigenvalue weighted by Crippen LogP contribution is -2.51. The first-order valence-corrected chi connectivity index (χ1v) is 7.21. The fourth-order valence-corrected chi connectivity index (χ4v) is 2.42. The highest BCUT2D eigenvalue weighted by Crippen LogP contribution is 2.29. The molecule has 0 radical (unpaired) electrons. The third-order valence-corrected chi connectivity index (χ3v) is 4.26. The second-order valence-corrected chi connectivity index (χ2v) is 5.74. The van der Waals surface area contributed by atoms with Gasteiger partial charge in [0.2, 0.25) is 5.91 Å². The van der Waals surface area contributed by atoms with Crippen molar-refractivity contribution in [2.24, 2.45) is 5.41 Å². The number of likely N-dealkylation sites (N-methyl/N-ethyl adjacent to an activating group) is 1. The van der Waals surface area contributed by atoms with Crippen molar-refractivity contribution in [3.8, 4) is 0 Å². The van der Waals surface area contributed by atoms with Crippen LogP contribution in [-0.2, 0) is 4.79 Å². The smallest absolute Gasteiger partial charge is 0.227 e. The molecule has 4 heteroatoms. The minimum Gasteiger partial charge on any atom is -0.354 e. The molecule has 0 aromatic rings. The predicted molar refractivity (Wildman–Crippen MR) is 75.6 cm³/mol. The highest BCUT2D eigenvalue weighted by Gasteiger charge is 2.37. The Morgan fingerprint density at radius 2 is 2.22 bits per heavy atom. The SMILES string of the molecule is CCC1(C(=O)NCCN(C)C(C)C)CCCNC1. The minimum atomic E-state index is -0.172. The van der Waals surface area contributed by atoms with Crippen molar-refractivity contribution in [1.29, 1.82) is 0 Å². The second-order valence-electron chi connectivity index (χ2n) is 5.74. The first-order chi connectivity index (χ1) is 8.52. The number of hydrogen-bond donors (Lipinski definition) is 2. The van der Waals surface area contributed by atoms with Crippen molar-refractivity contribution < 1.29 is 4.79 Å². The summed E-state index contributed by atoms with van der Waals surface area (Å²) in [7, 11) is 2.09. The van der Waals surface area contributed by atoms with Gasteiger partial charge in [0, 0.05) is 25.7 Å². The molecule has 1 fully saturated rings. The molecule has 0 bridgehead atoms. The summed E-state index contributed by atoms with van der Waals surface area (Å²) >= 11 is 0. The van der Waals surface area contributed by atoms with E-state index < -0.39 is 0 Å². The molecule has 1 heterocycles. The zero-order valence-corrected chi connectivity index (χ0v) is 12.4. The van der Waals surface area contributed by atoms with E-state index in [2.05, 4.69) is 43.4 Å². The van der Waals surface area contributed by atoms with E-state index in [0.29, 0.717) is 6.04 Å². The monoisotopic (exact) mass is 255 g/mol. The molecule has 2 N–H and O–H groups in total. The van der Waals surface area contributed by atoms with E-state index in [4.69, 9.17) is 0 Å². The first kappa shape index (κ1) is 15.4. The summed E-state index contributed by atoms with van der Waals surface area (Å²) in [6.07, 6.45) is 3.04. The van der Waals surface area contributed by atoms with Gasteiger partial charge in [0.1, 0.15) is 0 Å². The Hall–Kier alpha value is -0.610. The molecule has 106 valence electrons. The highest BCUT2D eigenvalue weighted by atomic mass is 16.2. The van der Waals surface area contributed by atoms with Gasteiger partial charge < -0.3 is 15.5 Å². The third kappa shape index (κ3) is 3.95. The van der Waals surface area contributed by atoms with E-state index in [1.165, 1.54) is 0 Å². The van der Waals surface area contributed by atoms with Gasteiger partial charge in [-0.2, -0.15) is 0 Å². The summed E-state index contributed by atoms with van der Waals surface area (Å²) in [5.41, 5.74) is -0.172. The topological polar surface area (TPSA) is 44.4 Å². The summed E-state index contributed by atoms with van der Waals surface area (Å²) in [5, 5.41) is 6.46. The van der Waals surface area contributed by atoms with Crippen molar-refractivity contribution in [3.63, 3.8) is 0 Å². The summed E-state index contributed by atoms with van der Waals surface area (Å²) in [6.45, 7) is 9.99. The molecule has 0 spiro atoms. The quantitative estimate of drug-likeness (QED) is 0.750. The molecule has 0 aromatic heterocycles. The van der Waals surface area contributed by atoms with Crippen LogP contribution < -0.4 is 10.6 Å². The number of carbonyl (C=O) groups is 1. The Kier molecular flexibility index (Phi) is 6.09. The van der Waals surface area contributed by atoms with Crippen LogP contribution in [0.2, 0.25) is 0 Å². The molecule has 0 aromatic carbocycles. The molecule has 0 aliphatic carbocycles.